The molecule has 0 aromatic carbocycles. The highest BCUT2D eigenvalue weighted by atomic mass is 16.4. The number of hydrogen-bond acceptors (Lipinski definition) is 1. The number of carbonyl (C=O) groups is 1. The van der Waals surface area contributed by atoms with Crippen LogP contribution in [0.15, 0.2) is 12.3 Å². The Labute approximate surface area is 138 Å². The third kappa shape index (κ3) is 15.6. The van der Waals surface area contributed by atoms with Gasteiger partial charge in [-0.25, -0.2) is 0 Å². The summed E-state index contributed by atoms with van der Waals surface area (Å²) in [5.74, 6) is -0.714. The van der Waals surface area contributed by atoms with E-state index < -0.39 is 5.97 Å². The van der Waals surface area contributed by atoms with Crippen molar-refractivity contribution in [3.63, 3.8) is 0 Å². The first-order valence-corrected chi connectivity index (χ1v) is 9.20. The highest BCUT2D eigenvalue weighted by Gasteiger charge is 2.12. The number of carboxylic acid groups (broad SMARTS) is 1. The van der Waals surface area contributed by atoms with Gasteiger partial charge in [0.05, 0.1) is 33.3 Å². The molecule has 0 aliphatic carbocycles. The van der Waals surface area contributed by atoms with Crippen molar-refractivity contribution in [1.29, 1.82) is 0 Å². The Balaban J connectivity index is 3.41. The van der Waals surface area contributed by atoms with E-state index in [9.17, 15) is 4.79 Å². The number of carboxylic acids is 1. The molecule has 0 fully saturated rings. The van der Waals surface area contributed by atoms with Crippen LogP contribution in [0.1, 0.15) is 84.0 Å². The number of rotatable bonds is 15. The Kier molecular flexibility index (Phi) is 13.3. The Hall–Kier alpha value is -0.830. The summed E-state index contributed by atoms with van der Waals surface area (Å²) in [6, 6.07) is 0. The van der Waals surface area contributed by atoms with Gasteiger partial charge in [-0.2, -0.15) is 0 Å². The van der Waals surface area contributed by atoms with E-state index in [1.165, 1.54) is 64.2 Å². The minimum Gasteiger partial charge on any atom is -0.481 e. The Morgan fingerprint density at radius 2 is 1.41 bits per heavy atom. The number of nitrogens with zero attached hydrogens (tertiary/aromatic N) is 1. The maximum Gasteiger partial charge on any atom is 0.309 e. The van der Waals surface area contributed by atoms with E-state index >= 15 is 0 Å². The van der Waals surface area contributed by atoms with Crippen LogP contribution in [0.5, 0.6) is 0 Å². The fourth-order valence-electron chi connectivity index (χ4n) is 2.57. The van der Waals surface area contributed by atoms with Crippen molar-refractivity contribution in [3.8, 4) is 0 Å². The summed E-state index contributed by atoms with van der Waals surface area (Å²) < 4.78 is 0.657. The van der Waals surface area contributed by atoms with Gasteiger partial charge in [-0.15, -0.1) is 0 Å². The number of quaternary nitrogens is 1. The van der Waals surface area contributed by atoms with Crippen LogP contribution in [0.25, 0.3) is 0 Å². The maximum absolute atomic E-state index is 10.6. The molecule has 0 amide bonds. The maximum atomic E-state index is 10.6. The monoisotopic (exact) mass is 312 g/mol. The fraction of sp³-hybridized carbons (Fsp3) is 0.842. The summed E-state index contributed by atoms with van der Waals surface area (Å²) >= 11 is 0. The minimum absolute atomic E-state index is 0.232. The highest BCUT2D eigenvalue weighted by Crippen LogP contribution is 2.11. The SMILES string of the molecule is CCCCCCCCCCCCC=C[N+](C)(C)CCC(=O)O. The van der Waals surface area contributed by atoms with E-state index in [2.05, 4.69) is 33.3 Å². The third-order valence-electron chi connectivity index (χ3n) is 4.14. The van der Waals surface area contributed by atoms with Crippen molar-refractivity contribution in [1.82, 2.24) is 0 Å². The molecule has 0 atom stereocenters. The van der Waals surface area contributed by atoms with Crippen molar-refractivity contribution in [2.45, 2.75) is 84.0 Å². The van der Waals surface area contributed by atoms with Crippen LogP contribution in [-0.2, 0) is 4.79 Å². The average Bonchev–Trinajstić information content (AvgIpc) is 2.46. The predicted molar refractivity (Wildman–Crippen MR) is 94.8 cm³/mol. The molecule has 1 N–H and O–H groups in total. The van der Waals surface area contributed by atoms with E-state index in [-0.39, 0.29) is 6.42 Å². The predicted octanol–water partition coefficient (Wildman–Crippen LogP) is 5.36. The molecule has 0 saturated carbocycles. The molecule has 3 nitrogen and oxygen atoms in total. The van der Waals surface area contributed by atoms with E-state index in [1.807, 2.05) is 0 Å². The van der Waals surface area contributed by atoms with Crippen LogP contribution < -0.4 is 0 Å². The molecule has 0 unspecified atom stereocenters. The summed E-state index contributed by atoms with van der Waals surface area (Å²) in [5.41, 5.74) is 0. The van der Waals surface area contributed by atoms with Gasteiger partial charge >= 0.3 is 5.97 Å². The van der Waals surface area contributed by atoms with Gasteiger partial charge in [0.15, 0.2) is 0 Å². The second kappa shape index (κ2) is 13.8. The Morgan fingerprint density at radius 1 is 0.909 bits per heavy atom. The first-order valence-electron chi connectivity index (χ1n) is 9.20. The van der Waals surface area contributed by atoms with Crippen LogP contribution in [0.4, 0.5) is 0 Å². The van der Waals surface area contributed by atoms with Crippen molar-refractivity contribution in [3.05, 3.63) is 12.3 Å². The Morgan fingerprint density at radius 3 is 1.91 bits per heavy atom. The lowest BCUT2D eigenvalue weighted by Crippen LogP contribution is -2.35. The van der Waals surface area contributed by atoms with Crippen molar-refractivity contribution in [2.24, 2.45) is 0 Å². The molecule has 130 valence electrons. The van der Waals surface area contributed by atoms with E-state index in [1.54, 1.807) is 0 Å². The largest absolute Gasteiger partial charge is 0.481 e. The van der Waals surface area contributed by atoms with Crippen molar-refractivity contribution < 1.29 is 14.4 Å². The van der Waals surface area contributed by atoms with E-state index in [0.717, 1.165) is 6.42 Å². The molecular weight excluding hydrogens is 274 g/mol. The summed E-state index contributed by atoms with van der Waals surface area (Å²) in [6.45, 7) is 2.92. The van der Waals surface area contributed by atoms with Gasteiger partial charge in [-0.1, -0.05) is 64.7 Å². The zero-order chi connectivity index (χ0) is 16.7. The molecule has 22 heavy (non-hydrogen) atoms. The quantitative estimate of drug-likeness (QED) is 0.326. The number of hydrogen-bond donors (Lipinski definition) is 1. The topological polar surface area (TPSA) is 37.3 Å². The second-order valence-corrected chi connectivity index (χ2v) is 7.00. The van der Waals surface area contributed by atoms with Gasteiger partial charge < -0.3 is 9.59 Å². The molecule has 0 aromatic heterocycles. The molecule has 0 aliphatic rings. The number of aliphatic carboxylic acids is 1. The Bertz CT molecular complexity index is 298. The van der Waals surface area contributed by atoms with E-state index in [0.29, 0.717) is 11.0 Å². The molecule has 3 heteroatoms. The van der Waals surface area contributed by atoms with Gasteiger partial charge in [0.2, 0.25) is 0 Å². The third-order valence-corrected chi connectivity index (χ3v) is 4.14. The van der Waals surface area contributed by atoms with Crippen LogP contribution in [0, 0.1) is 0 Å². The normalized spacial score (nSPS) is 12.1. The summed E-state index contributed by atoms with van der Waals surface area (Å²) in [6.07, 6.45) is 19.4. The molecule has 0 spiro atoms. The number of allylic oxidation sites excluding steroid dienone is 1. The summed E-state index contributed by atoms with van der Waals surface area (Å²) in [7, 11) is 4.11. The van der Waals surface area contributed by atoms with E-state index in [4.69, 9.17) is 5.11 Å². The lowest BCUT2D eigenvalue weighted by atomic mass is 10.1. The zero-order valence-corrected chi connectivity index (χ0v) is 15.1. The standard InChI is InChI=1S/C19H37NO2/c1-4-5-6-7-8-9-10-11-12-13-14-15-17-20(2,3)18-16-19(21)22/h15,17H,4-14,16,18H2,1-3H3/p+1. The average molecular weight is 313 g/mol. The lowest BCUT2D eigenvalue weighted by molar-refractivity contribution is -0.838. The van der Waals surface area contributed by atoms with Gasteiger partial charge in [0.1, 0.15) is 0 Å². The smallest absolute Gasteiger partial charge is 0.309 e. The molecule has 0 saturated heterocycles. The molecule has 0 radical (unpaired) electrons. The highest BCUT2D eigenvalue weighted by molar-refractivity contribution is 5.66. The van der Waals surface area contributed by atoms with Crippen LogP contribution in [0.2, 0.25) is 0 Å². The summed E-state index contributed by atoms with van der Waals surface area (Å²) in [4.78, 5) is 10.6. The molecule has 0 bridgehead atoms. The molecular formula is C19H38NO2+. The lowest BCUT2D eigenvalue weighted by Gasteiger charge is -2.23. The minimum atomic E-state index is -0.714. The zero-order valence-electron chi connectivity index (χ0n) is 15.1. The van der Waals surface area contributed by atoms with Gasteiger partial charge in [0.25, 0.3) is 0 Å². The molecule has 0 aliphatic heterocycles. The van der Waals surface area contributed by atoms with Crippen LogP contribution >= 0.6 is 0 Å². The first-order chi connectivity index (χ1) is 10.5. The van der Waals surface area contributed by atoms with Crippen molar-refractivity contribution >= 4 is 5.97 Å². The van der Waals surface area contributed by atoms with Crippen molar-refractivity contribution in [2.75, 3.05) is 20.6 Å². The fourth-order valence-corrected chi connectivity index (χ4v) is 2.57. The van der Waals surface area contributed by atoms with Crippen LogP contribution in [-0.4, -0.2) is 36.2 Å². The second-order valence-electron chi connectivity index (χ2n) is 7.00. The van der Waals surface area contributed by atoms with Gasteiger partial charge in [0, 0.05) is 0 Å². The first kappa shape index (κ1) is 21.2. The molecule has 0 aromatic rings. The van der Waals surface area contributed by atoms with Gasteiger partial charge in [-0.05, 0) is 18.9 Å². The number of unbranched alkanes of at least 4 members (excludes halogenated alkanes) is 10. The molecule has 0 heterocycles. The van der Waals surface area contributed by atoms with Gasteiger partial charge in [-0.3, -0.25) is 4.79 Å². The molecule has 0 rings (SSSR count). The summed E-state index contributed by atoms with van der Waals surface area (Å²) in [5, 5.41) is 8.72. The van der Waals surface area contributed by atoms with Crippen LogP contribution in [0.3, 0.4) is 0 Å².